The van der Waals surface area contributed by atoms with E-state index in [0.29, 0.717) is 17.9 Å². The molecule has 7 heteroatoms. The molecule has 0 atom stereocenters. The molecule has 0 spiro atoms. The van der Waals surface area contributed by atoms with Crippen LogP contribution in [0.2, 0.25) is 0 Å². The molecule has 0 aliphatic carbocycles. The summed E-state index contributed by atoms with van der Waals surface area (Å²) in [4.78, 5) is 14.8. The van der Waals surface area contributed by atoms with Gasteiger partial charge in [0.2, 0.25) is 5.91 Å². The third-order valence-electron chi connectivity index (χ3n) is 4.34. The zero-order valence-electron chi connectivity index (χ0n) is 14.9. The van der Waals surface area contributed by atoms with Crippen LogP contribution in [-0.4, -0.2) is 26.6 Å². The molecule has 0 saturated heterocycles. The van der Waals surface area contributed by atoms with Crippen molar-refractivity contribution in [2.24, 2.45) is 0 Å². The van der Waals surface area contributed by atoms with Crippen LogP contribution in [0.3, 0.4) is 0 Å². The Balaban J connectivity index is 2.00. The van der Waals surface area contributed by atoms with Gasteiger partial charge in [0.25, 0.3) is 10.0 Å². The molecule has 2 aromatic rings. The first-order valence-corrected chi connectivity index (χ1v) is 11.0. The minimum absolute atomic E-state index is 0.0763. The third kappa shape index (κ3) is 3.88. The lowest BCUT2D eigenvalue weighted by Crippen LogP contribution is -2.29. The fourth-order valence-electron chi connectivity index (χ4n) is 2.98. The highest BCUT2D eigenvalue weighted by Gasteiger charge is 2.23. The van der Waals surface area contributed by atoms with Crippen LogP contribution in [0.4, 0.5) is 11.4 Å². The zero-order valence-corrected chi connectivity index (χ0v) is 16.5. The Morgan fingerprint density at radius 2 is 2.00 bits per heavy atom. The molecule has 1 aliphatic heterocycles. The van der Waals surface area contributed by atoms with Crippen LogP contribution >= 0.6 is 11.8 Å². The Morgan fingerprint density at radius 3 is 2.73 bits per heavy atom. The first-order valence-electron chi connectivity index (χ1n) is 8.58. The number of nitrogens with one attached hydrogen (secondary N) is 1. The monoisotopic (exact) mass is 390 g/mol. The van der Waals surface area contributed by atoms with Crippen molar-refractivity contribution in [3.05, 3.63) is 48.0 Å². The minimum atomic E-state index is -3.74. The number of hydrogen-bond acceptors (Lipinski definition) is 4. The normalized spacial score (nSPS) is 14.5. The average Bonchev–Trinajstić information content (AvgIpc) is 2.83. The summed E-state index contributed by atoms with van der Waals surface area (Å²) < 4.78 is 28.5. The van der Waals surface area contributed by atoms with Crippen LogP contribution in [0.1, 0.15) is 25.8 Å². The van der Waals surface area contributed by atoms with Crippen LogP contribution in [0.15, 0.2) is 52.3 Å². The van der Waals surface area contributed by atoms with Gasteiger partial charge in [-0.15, -0.1) is 11.8 Å². The van der Waals surface area contributed by atoms with E-state index in [1.807, 2.05) is 25.1 Å². The van der Waals surface area contributed by atoms with Crippen LogP contribution in [0.5, 0.6) is 0 Å². The van der Waals surface area contributed by atoms with E-state index in [4.69, 9.17) is 0 Å². The molecule has 3 rings (SSSR count). The number of aryl methyl sites for hydroxylation is 1. The van der Waals surface area contributed by atoms with Gasteiger partial charge in [-0.25, -0.2) is 8.42 Å². The Hall–Kier alpha value is -1.99. The molecule has 0 fully saturated rings. The van der Waals surface area contributed by atoms with Gasteiger partial charge >= 0.3 is 0 Å². The maximum Gasteiger partial charge on any atom is 0.261 e. The van der Waals surface area contributed by atoms with Gasteiger partial charge in [-0.3, -0.25) is 9.52 Å². The van der Waals surface area contributed by atoms with Crippen LogP contribution < -0.4 is 9.62 Å². The van der Waals surface area contributed by atoms with Gasteiger partial charge in [-0.1, -0.05) is 25.1 Å². The van der Waals surface area contributed by atoms with E-state index in [1.54, 1.807) is 40.9 Å². The van der Waals surface area contributed by atoms with Crippen molar-refractivity contribution in [2.45, 2.75) is 36.5 Å². The molecule has 1 amide bonds. The number of nitrogens with zero attached hydrogens (tertiary/aromatic N) is 1. The van der Waals surface area contributed by atoms with Gasteiger partial charge in [0.1, 0.15) is 0 Å². The largest absolute Gasteiger partial charge is 0.311 e. The summed E-state index contributed by atoms with van der Waals surface area (Å²) in [6.07, 6.45) is 1.61. The lowest BCUT2D eigenvalue weighted by Gasteiger charge is -2.21. The van der Waals surface area contributed by atoms with Crippen molar-refractivity contribution in [3.63, 3.8) is 0 Å². The van der Waals surface area contributed by atoms with Gasteiger partial charge in [-0.05, 0) is 48.4 Å². The number of rotatable bonds is 4. The van der Waals surface area contributed by atoms with Crippen molar-refractivity contribution in [2.75, 3.05) is 21.9 Å². The predicted octanol–water partition coefficient (Wildman–Crippen LogP) is 3.90. The summed E-state index contributed by atoms with van der Waals surface area (Å²) in [5, 5.41) is 0. The van der Waals surface area contributed by atoms with Gasteiger partial charge in [0.05, 0.1) is 16.3 Å². The summed E-state index contributed by atoms with van der Waals surface area (Å²) in [5.74, 6) is 0.831. The van der Waals surface area contributed by atoms with Gasteiger partial charge in [0, 0.05) is 18.4 Å². The molecule has 1 aliphatic rings. The molecule has 0 aromatic heterocycles. The van der Waals surface area contributed by atoms with E-state index in [0.717, 1.165) is 29.1 Å². The first-order chi connectivity index (χ1) is 12.4. The average molecular weight is 391 g/mol. The summed E-state index contributed by atoms with van der Waals surface area (Å²) in [5.41, 5.74) is 2.20. The second-order valence-electron chi connectivity index (χ2n) is 6.12. The maximum atomic E-state index is 12.9. The molecule has 5 nitrogen and oxygen atoms in total. The predicted molar refractivity (Wildman–Crippen MR) is 106 cm³/mol. The molecule has 0 unspecified atom stereocenters. The lowest BCUT2D eigenvalue weighted by atomic mass is 10.1. The Morgan fingerprint density at radius 1 is 1.23 bits per heavy atom. The highest BCUT2D eigenvalue weighted by molar-refractivity contribution is 7.99. The molecule has 2 aromatic carbocycles. The van der Waals surface area contributed by atoms with E-state index in [1.165, 1.54) is 6.92 Å². The van der Waals surface area contributed by atoms with Crippen LogP contribution in [0, 0.1) is 0 Å². The van der Waals surface area contributed by atoms with Crippen LogP contribution in [-0.2, 0) is 21.2 Å². The summed E-state index contributed by atoms with van der Waals surface area (Å²) in [6, 6.07) is 12.4. The lowest BCUT2D eigenvalue weighted by molar-refractivity contribution is -0.116. The van der Waals surface area contributed by atoms with Gasteiger partial charge < -0.3 is 4.90 Å². The Labute approximate surface area is 158 Å². The standard InChI is InChI=1S/C19H22N2O3S2/c1-3-15-7-4-5-8-17(15)20-26(23,24)16-9-10-19-18(13-16)21(14(2)22)11-6-12-25-19/h4-5,7-10,13,20H,3,6,11-12H2,1-2H3. The fourth-order valence-corrected chi connectivity index (χ4v) is 5.08. The second-order valence-corrected chi connectivity index (χ2v) is 8.94. The van der Waals surface area contributed by atoms with Gasteiger partial charge in [0.15, 0.2) is 0 Å². The van der Waals surface area contributed by atoms with Crippen molar-refractivity contribution in [3.8, 4) is 0 Å². The van der Waals surface area contributed by atoms with E-state index in [2.05, 4.69) is 4.72 Å². The molecule has 138 valence electrons. The van der Waals surface area contributed by atoms with E-state index in [9.17, 15) is 13.2 Å². The number of benzene rings is 2. The topological polar surface area (TPSA) is 66.5 Å². The smallest absolute Gasteiger partial charge is 0.261 e. The minimum Gasteiger partial charge on any atom is -0.311 e. The van der Waals surface area contributed by atoms with Crippen molar-refractivity contribution >= 4 is 39.1 Å². The van der Waals surface area contributed by atoms with E-state index < -0.39 is 10.0 Å². The molecule has 0 radical (unpaired) electrons. The van der Waals surface area contributed by atoms with E-state index >= 15 is 0 Å². The number of sulfonamides is 1. The summed E-state index contributed by atoms with van der Waals surface area (Å²) >= 11 is 1.65. The first kappa shape index (κ1) is 18.8. The van der Waals surface area contributed by atoms with Crippen LogP contribution in [0.25, 0.3) is 0 Å². The van der Waals surface area contributed by atoms with Crippen molar-refractivity contribution in [1.82, 2.24) is 0 Å². The maximum absolute atomic E-state index is 12.9. The SMILES string of the molecule is CCc1ccccc1NS(=O)(=O)c1ccc2c(c1)N(C(C)=O)CCCS2. The highest BCUT2D eigenvalue weighted by atomic mass is 32.2. The summed E-state index contributed by atoms with van der Waals surface area (Å²) in [7, 11) is -3.74. The number of hydrogen-bond donors (Lipinski definition) is 1. The van der Waals surface area contributed by atoms with Crippen molar-refractivity contribution < 1.29 is 13.2 Å². The number of amides is 1. The Kier molecular flexibility index (Phi) is 5.58. The number of fused-ring (bicyclic) bond motifs is 1. The molecule has 26 heavy (non-hydrogen) atoms. The number of thioether (sulfide) groups is 1. The molecule has 0 bridgehead atoms. The van der Waals surface area contributed by atoms with Gasteiger partial charge in [-0.2, -0.15) is 0 Å². The Bertz CT molecular complexity index is 926. The third-order valence-corrected chi connectivity index (χ3v) is 6.85. The number of carbonyl (C=O) groups is 1. The number of anilines is 2. The molecular weight excluding hydrogens is 368 g/mol. The molecule has 1 N–H and O–H groups in total. The molecule has 0 saturated carbocycles. The van der Waals surface area contributed by atoms with Crippen molar-refractivity contribution in [1.29, 1.82) is 0 Å². The second kappa shape index (κ2) is 7.72. The quantitative estimate of drug-likeness (QED) is 0.860. The molecular formula is C19H22N2O3S2. The molecule has 1 heterocycles. The van der Waals surface area contributed by atoms with E-state index in [-0.39, 0.29) is 10.8 Å². The number of carbonyl (C=O) groups excluding carboxylic acids is 1. The zero-order chi connectivity index (χ0) is 18.7. The fraction of sp³-hybridized carbons (Fsp3) is 0.316. The summed E-state index contributed by atoms with van der Waals surface area (Å²) in [6.45, 7) is 4.10. The highest BCUT2D eigenvalue weighted by Crippen LogP contribution is 2.36. The number of para-hydroxylation sites is 1.